The normalized spacial score (nSPS) is 22.5. The van der Waals surface area contributed by atoms with Crippen LogP contribution in [0.2, 0.25) is 0 Å². The summed E-state index contributed by atoms with van der Waals surface area (Å²) in [5, 5.41) is 0. The predicted molar refractivity (Wildman–Crippen MR) is 59.3 cm³/mol. The first-order valence-corrected chi connectivity index (χ1v) is 5.80. The monoisotopic (exact) mass is 200 g/mol. The topological polar surface area (TPSA) is 38.5 Å². The summed E-state index contributed by atoms with van der Waals surface area (Å²) in [5.74, 6) is 0.898. The molecule has 3 heteroatoms. The lowest BCUT2D eigenvalue weighted by Crippen LogP contribution is -2.42. The van der Waals surface area contributed by atoms with Crippen molar-refractivity contribution in [3.8, 4) is 0 Å². The molecule has 3 nitrogen and oxygen atoms in total. The zero-order valence-electron chi connectivity index (χ0n) is 9.54. The molecule has 0 spiro atoms. The third kappa shape index (κ3) is 3.95. The van der Waals surface area contributed by atoms with Gasteiger partial charge in [-0.05, 0) is 38.8 Å². The highest BCUT2D eigenvalue weighted by molar-refractivity contribution is 4.73. The van der Waals surface area contributed by atoms with Crippen molar-refractivity contribution in [1.82, 2.24) is 4.90 Å². The molecule has 1 atom stereocenters. The Morgan fingerprint density at radius 2 is 2.07 bits per heavy atom. The van der Waals surface area contributed by atoms with Gasteiger partial charge in [-0.25, -0.2) is 0 Å². The molecule has 1 heterocycles. The van der Waals surface area contributed by atoms with E-state index in [4.69, 9.17) is 10.5 Å². The Labute approximate surface area is 87.6 Å². The van der Waals surface area contributed by atoms with Crippen LogP contribution in [0.4, 0.5) is 0 Å². The maximum atomic E-state index is 5.65. The maximum Gasteiger partial charge on any atom is 0.0823 e. The Morgan fingerprint density at radius 1 is 1.43 bits per heavy atom. The van der Waals surface area contributed by atoms with Crippen LogP contribution in [0.1, 0.15) is 26.7 Å². The van der Waals surface area contributed by atoms with Crippen molar-refractivity contribution < 1.29 is 4.74 Å². The largest absolute Gasteiger partial charge is 0.376 e. The van der Waals surface area contributed by atoms with Crippen LogP contribution in [0.25, 0.3) is 0 Å². The molecule has 84 valence electrons. The lowest BCUT2D eigenvalue weighted by molar-refractivity contribution is 0.0309. The Kier molecular flexibility index (Phi) is 5.45. The summed E-state index contributed by atoms with van der Waals surface area (Å²) in [5.41, 5.74) is 5.65. The van der Waals surface area contributed by atoms with E-state index in [0.717, 1.165) is 19.1 Å². The van der Waals surface area contributed by atoms with Crippen molar-refractivity contribution in [2.75, 3.05) is 32.8 Å². The highest BCUT2D eigenvalue weighted by atomic mass is 16.5. The Hall–Kier alpha value is -0.120. The van der Waals surface area contributed by atoms with E-state index in [9.17, 15) is 0 Å². The van der Waals surface area contributed by atoms with Gasteiger partial charge in [0.1, 0.15) is 0 Å². The molecular formula is C11H24N2O. The minimum Gasteiger partial charge on any atom is -0.376 e. The van der Waals surface area contributed by atoms with E-state index in [1.165, 1.54) is 25.9 Å². The van der Waals surface area contributed by atoms with Crippen molar-refractivity contribution in [2.24, 2.45) is 11.7 Å². The molecular weight excluding hydrogens is 176 g/mol. The van der Waals surface area contributed by atoms with E-state index < -0.39 is 0 Å². The molecule has 0 aromatic heterocycles. The lowest BCUT2D eigenvalue weighted by atomic mass is 9.99. The molecule has 0 bridgehead atoms. The second-order valence-electron chi connectivity index (χ2n) is 4.30. The quantitative estimate of drug-likeness (QED) is 0.722. The number of nitrogens with zero attached hydrogens (tertiary/aromatic N) is 1. The number of piperidine rings is 1. The average Bonchev–Trinajstić information content (AvgIpc) is 2.20. The van der Waals surface area contributed by atoms with Gasteiger partial charge < -0.3 is 15.4 Å². The molecule has 0 aromatic rings. The zero-order valence-corrected chi connectivity index (χ0v) is 9.54. The van der Waals surface area contributed by atoms with Gasteiger partial charge >= 0.3 is 0 Å². The lowest BCUT2D eigenvalue weighted by Gasteiger charge is -2.32. The second kappa shape index (κ2) is 6.38. The fourth-order valence-electron chi connectivity index (χ4n) is 1.96. The zero-order chi connectivity index (χ0) is 10.4. The first kappa shape index (κ1) is 12.0. The standard InChI is InChI=1S/C11H24N2O/c1-3-14-11(8-12)9-13-6-4-10(2)5-7-13/h10-11H,3-9,12H2,1-2H3. The number of hydrogen-bond acceptors (Lipinski definition) is 3. The summed E-state index contributed by atoms with van der Waals surface area (Å²) < 4.78 is 5.55. The molecule has 0 radical (unpaired) electrons. The molecule has 0 amide bonds. The highest BCUT2D eigenvalue weighted by Gasteiger charge is 2.18. The van der Waals surface area contributed by atoms with Gasteiger partial charge in [0.25, 0.3) is 0 Å². The van der Waals surface area contributed by atoms with E-state index in [0.29, 0.717) is 6.54 Å². The van der Waals surface area contributed by atoms with Crippen LogP contribution in [-0.4, -0.2) is 43.8 Å². The summed E-state index contributed by atoms with van der Waals surface area (Å²) in [4.78, 5) is 2.48. The molecule has 1 aliphatic rings. The van der Waals surface area contributed by atoms with E-state index in [-0.39, 0.29) is 6.10 Å². The Balaban J connectivity index is 2.21. The second-order valence-corrected chi connectivity index (χ2v) is 4.30. The van der Waals surface area contributed by atoms with Gasteiger partial charge in [-0.15, -0.1) is 0 Å². The first-order valence-electron chi connectivity index (χ1n) is 5.80. The molecule has 0 aromatic carbocycles. The molecule has 1 rings (SSSR count). The SMILES string of the molecule is CCOC(CN)CN1CCC(C)CC1. The van der Waals surface area contributed by atoms with Crippen LogP contribution in [0.15, 0.2) is 0 Å². The first-order chi connectivity index (χ1) is 6.76. The molecule has 14 heavy (non-hydrogen) atoms. The van der Waals surface area contributed by atoms with Gasteiger partial charge in [-0.3, -0.25) is 0 Å². The summed E-state index contributed by atoms with van der Waals surface area (Å²) in [6.45, 7) is 9.21. The van der Waals surface area contributed by atoms with Crippen molar-refractivity contribution >= 4 is 0 Å². The van der Waals surface area contributed by atoms with E-state index >= 15 is 0 Å². The van der Waals surface area contributed by atoms with Gasteiger partial charge in [-0.1, -0.05) is 6.92 Å². The average molecular weight is 200 g/mol. The molecule has 2 N–H and O–H groups in total. The van der Waals surface area contributed by atoms with Crippen molar-refractivity contribution in [1.29, 1.82) is 0 Å². The number of likely N-dealkylation sites (tertiary alicyclic amines) is 1. The van der Waals surface area contributed by atoms with Gasteiger partial charge in [-0.2, -0.15) is 0 Å². The van der Waals surface area contributed by atoms with Gasteiger partial charge in [0.2, 0.25) is 0 Å². The van der Waals surface area contributed by atoms with Crippen molar-refractivity contribution in [3.05, 3.63) is 0 Å². The third-order valence-corrected chi connectivity index (χ3v) is 3.00. The number of ether oxygens (including phenoxy) is 1. The Morgan fingerprint density at radius 3 is 2.57 bits per heavy atom. The Bertz CT molecular complexity index is 144. The van der Waals surface area contributed by atoms with Gasteiger partial charge in [0.05, 0.1) is 6.10 Å². The van der Waals surface area contributed by atoms with Crippen LogP contribution < -0.4 is 5.73 Å². The summed E-state index contributed by atoms with van der Waals surface area (Å²) >= 11 is 0. The predicted octanol–water partition coefficient (Wildman–Crippen LogP) is 1.08. The highest BCUT2D eigenvalue weighted by Crippen LogP contribution is 2.16. The van der Waals surface area contributed by atoms with Crippen LogP contribution in [0, 0.1) is 5.92 Å². The number of hydrogen-bond donors (Lipinski definition) is 1. The summed E-state index contributed by atoms with van der Waals surface area (Å²) in [6.07, 6.45) is 2.88. The molecule has 1 unspecified atom stereocenters. The fourth-order valence-corrected chi connectivity index (χ4v) is 1.96. The minimum atomic E-state index is 0.230. The minimum absolute atomic E-state index is 0.230. The number of nitrogens with two attached hydrogens (primary N) is 1. The third-order valence-electron chi connectivity index (χ3n) is 3.00. The number of rotatable bonds is 5. The van der Waals surface area contributed by atoms with Crippen LogP contribution in [0.5, 0.6) is 0 Å². The molecule has 1 fully saturated rings. The van der Waals surface area contributed by atoms with Crippen molar-refractivity contribution in [2.45, 2.75) is 32.8 Å². The maximum absolute atomic E-state index is 5.65. The van der Waals surface area contributed by atoms with Gasteiger partial charge in [0.15, 0.2) is 0 Å². The van der Waals surface area contributed by atoms with E-state index in [1.54, 1.807) is 0 Å². The van der Waals surface area contributed by atoms with Gasteiger partial charge in [0, 0.05) is 19.7 Å². The molecule has 1 saturated heterocycles. The van der Waals surface area contributed by atoms with E-state index in [2.05, 4.69) is 11.8 Å². The molecule has 0 saturated carbocycles. The molecule has 0 aliphatic carbocycles. The summed E-state index contributed by atoms with van der Waals surface area (Å²) in [7, 11) is 0. The molecule has 1 aliphatic heterocycles. The van der Waals surface area contributed by atoms with E-state index in [1.807, 2.05) is 6.92 Å². The van der Waals surface area contributed by atoms with Crippen LogP contribution >= 0.6 is 0 Å². The van der Waals surface area contributed by atoms with Crippen molar-refractivity contribution in [3.63, 3.8) is 0 Å². The van der Waals surface area contributed by atoms with Crippen LogP contribution in [0.3, 0.4) is 0 Å². The van der Waals surface area contributed by atoms with Crippen LogP contribution in [-0.2, 0) is 4.74 Å². The fraction of sp³-hybridized carbons (Fsp3) is 1.00. The summed E-state index contributed by atoms with van der Waals surface area (Å²) in [6, 6.07) is 0. The smallest absolute Gasteiger partial charge is 0.0823 e.